The Morgan fingerprint density at radius 2 is 1.75 bits per heavy atom. The standard InChI is InChI=1S/C25H20FN3O2S/c1-17-3-2-4-18(15-17)16-29-23(30)19-5-9-21(10-6-19)31-24-25(28-14-13-27-24)32-22-11-7-20(26)8-12-22/h2-15H,16H2,1H3,(H,29,30). The maximum Gasteiger partial charge on any atom is 0.252 e. The molecular weight excluding hydrogens is 425 g/mol. The summed E-state index contributed by atoms with van der Waals surface area (Å²) in [5.74, 6) is 0.401. The molecule has 32 heavy (non-hydrogen) atoms. The van der Waals surface area contributed by atoms with E-state index in [1.807, 2.05) is 31.2 Å². The first-order valence-electron chi connectivity index (χ1n) is 9.93. The first kappa shape index (κ1) is 21.5. The lowest BCUT2D eigenvalue weighted by Crippen LogP contribution is -2.22. The summed E-state index contributed by atoms with van der Waals surface area (Å²) in [6, 6.07) is 20.9. The molecule has 0 saturated heterocycles. The van der Waals surface area contributed by atoms with Gasteiger partial charge in [0.15, 0.2) is 5.03 Å². The summed E-state index contributed by atoms with van der Waals surface area (Å²) in [6.07, 6.45) is 3.11. The number of nitrogens with one attached hydrogen (secondary N) is 1. The molecule has 0 aliphatic heterocycles. The fourth-order valence-electron chi connectivity index (χ4n) is 2.96. The first-order chi connectivity index (χ1) is 15.6. The molecule has 7 heteroatoms. The molecule has 0 radical (unpaired) electrons. The molecule has 0 fully saturated rings. The first-order valence-corrected chi connectivity index (χ1v) is 10.7. The van der Waals surface area contributed by atoms with Crippen molar-refractivity contribution in [2.24, 2.45) is 0 Å². The lowest BCUT2D eigenvalue weighted by molar-refractivity contribution is 0.0951. The number of carbonyl (C=O) groups excluding carboxylic acids is 1. The topological polar surface area (TPSA) is 64.1 Å². The van der Waals surface area contributed by atoms with E-state index in [1.165, 1.54) is 30.1 Å². The Kier molecular flexibility index (Phi) is 6.77. The van der Waals surface area contributed by atoms with Crippen molar-refractivity contribution < 1.29 is 13.9 Å². The molecule has 0 aliphatic carbocycles. The molecule has 5 nitrogen and oxygen atoms in total. The summed E-state index contributed by atoms with van der Waals surface area (Å²) in [6.45, 7) is 2.48. The van der Waals surface area contributed by atoms with Crippen LogP contribution in [0.5, 0.6) is 11.6 Å². The van der Waals surface area contributed by atoms with Gasteiger partial charge in [-0.2, -0.15) is 0 Å². The van der Waals surface area contributed by atoms with Crippen molar-refractivity contribution in [3.8, 4) is 11.6 Å². The fourth-order valence-corrected chi connectivity index (χ4v) is 3.75. The molecule has 1 heterocycles. The van der Waals surface area contributed by atoms with Crippen molar-refractivity contribution in [1.29, 1.82) is 0 Å². The molecule has 4 rings (SSSR count). The molecular formula is C25H20FN3O2S. The highest BCUT2D eigenvalue weighted by Gasteiger charge is 2.11. The van der Waals surface area contributed by atoms with E-state index >= 15 is 0 Å². The zero-order chi connectivity index (χ0) is 22.3. The lowest BCUT2D eigenvalue weighted by atomic mass is 10.1. The van der Waals surface area contributed by atoms with Crippen molar-refractivity contribution in [3.05, 3.63) is 108 Å². The van der Waals surface area contributed by atoms with Crippen molar-refractivity contribution >= 4 is 17.7 Å². The molecule has 0 aliphatic rings. The van der Waals surface area contributed by atoms with Crippen molar-refractivity contribution in [2.75, 3.05) is 0 Å². The number of amides is 1. The number of ether oxygens (including phenoxy) is 1. The van der Waals surface area contributed by atoms with Crippen LogP contribution >= 0.6 is 11.8 Å². The van der Waals surface area contributed by atoms with Crippen LogP contribution < -0.4 is 10.1 Å². The highest BCUT2D eigenvalue weighted by Crippen LogP contribution is 2.33. The van der Waals surface area contributed by atoms with Gasteiger partial charge in [-0.15, -0.1) is 0 Å². The maximum absolute atomic E-state index is 13.1. The normalized spacial score (nSPS) is 10.6. The molecule has 0 saturated carbocycles. The molecule has 1 aromatic heterocycles. The van der Waals surface area contributed by atoms with E-state index in [0.29, 0.717) is 28.8 Å². The molecule has 1 amide bonds. The minimum absolute atomic E-state index is 0.162. The van der Waals surface area contributed by atoms with Gasteiger partial charge in [-0.1, -0.05) is 41.6 Å². The van der Waals surface area contributed by atoms with Gasteiger partial charge >= 0.3 is 0 Å². The van der Waals surface area contributed by atoms with Crippen LogP contribution in [0.3, 0.4) is 0 Å². The summed E-state index contributed by atoms with van der Waals surface area (Å²) in [4.78, 5) is 21.8. The summed E-state index contributed by atoms with van der Waals surface area (Å²) in [5.41, 5.74) is 2.73. The van der Waals surface area contributed by atoms with Crippen LogP contribution in [-0.2, 0) is 6.54 Å². The maximum atomic E-state index is 13.1. The zero-order valence-corrected chi connectivity index (χ0v) is 18.1. The van der Waals surface area contributed by atoms with Crippen molar-refractivity contribution in [1.82, 2.24) is 15.3 Å². The largest absolute Gasteiger partial charge is 0.437 e. The molecule has 4 aromatic rings. The Bertz CT molecular complexity index is 1210. The lowest BCUT2D eigenvalue weighted by Gasteiger charge is -2.10. The monoisotopic (exact) mass is 445 g/mol. The second kappa shape index (κ2) is 10.1. The van der Waals surface area contributed by atoms with Crippen LogP contribution in [0.1, 0.15) is 21.5 Å². The Morgan fingerprint density at radius 1 is 1.00 bits per heavy atom. The van der Waals surface area contributed by atoms with Crippen LogP contribution in [0.25, 0.3) is 0 Å². The Hall–Kier alpha value is -3.71. The number of rotatable bonds is 7. The minimum Gasteiger partial charge on any atom is -0.437 e. The Labute approximate surface area is 189 Å². The molecule has 0 bridgehead atoms. The van der Waals surface area contributed by atoms with Crippen molar-refractivity contribution in [3.63, 3.8) is 0 Å². The van der Waals surface area contributed by atoms with Gasteiger partial charge in [-0.25, -0.2) is 14.4 Å². The SMILES string of the molecule is Cc1cccc(CNC(=O)c2ccc(Oc3nccnc3Sc3ccc(F)cc3)cc2)c1. The second-order valence-electron chi connectivity index (χ2n) is 7.02. The molecule has 3 aromatic carbocycles. The number of nitrogens with zero attached hydrogens (tertiary/aromatic N) is 2. The average molecular weight is 446 g/mol. The van der Waals surface area contributed by atoms with E-state index in [0.717, 1.165) is 16.0 Å². The quantitative estimate of drug-likeness (QED) is 0.390. The summed E-state index contributed by atoms with van der Waals surface area (Å²) in [5, 5.41) is 3.47. The van der Waals surface area contributed by atoms with E-state index < -0.39 is 0 Å². The van der Waals surface area contributed by atoms with Gasteiger partial charge in [0.05, 0.1) is 0 Å². The van der Waals surface area contributed by atoms with Crippen molar-refractivity contribution in [2.45, 2.75) is 23.4 Å². The van der Waals surface area contributed by atoms with Crippen LogP contribution in [0.4, 0.5) is 4.39 Å². The van der Waals surface area contributed by atoms with Crippen LogP contribution in [0.2, 0.25) is 0 Å². The van der Waals surface area contributed by atoms with Gasteiger partial charge in [0.1, 0.15) is 11.6 Å². The van der Waals surface area contributed by atoms with E-state index in [2.05, 4.69) is 15.3 Å². The van der Waals surface area contributed by atoms with Crippen LogP contribution in [0.15, 0.2) is 95.1 Å². The van der Waals surface area contributed by atoms with Gasteiger partial charge < -0.3 is 10.1 Å². The summed E-state index contributed by atoms with van der Waals surface area (Å²) >= 11 is 1.33. The Balaban J connectivity index is 1.40. The third-order valence-corrected chi connectivity index (χ3v) is 5.51. The number of carbonyl (C=O) groups is 1. The van der Waals surface area contributed by atoms with E-state index in [4.69, 9.17) is 4.74 Å². The fraction of sp³-hybridized carbons (Fsp3) is 0.0800. The van der Waals surface area contributed by atoms with Gasteiger partial charge in [0.2, 0.25) is 0 Å². The second-order valence-corrected chi connectivity index (χ2v) is 8.08. The number of aromatic nitrogens is 2. The van der Waals surface area contributed by atoms with E-state index in [-0.39, 0.29) is 11.7 Å². The van der Waals surface area contributed by atoms with Gasteiger partial charge in [-0.3, -0.25) is 4.79 Å². The molecule has 0 spiro atoms. The highest BCUT2D eigenvalue weighted by molar-refractivity contribution is 7.99. The Morgan fingerprint density at radius 3 is 2.50 bits per heavy atom. The number of hydrogen-bond acceptors (Lipinski definition) is 5. The zero-order valence-electron chi connectivity index (χ0n) is 17.3. The molecule has 0 atom stereocenters. The smallest absolute Gasteiger partial charge is 0.252 e. The van der Waals surface area contributed by atoms with Gasteiger partial charge in [0, 0.05) is 29.4 Å². The highest BCUT2D eigenvalue weighted by atomic mass is 32.2. The number of benzene rings is 3. The third-order valence-electron chi connectivity index (χ3n) is 4.53. The third kappa shape index (κ3) is 5.70. The minimum atomic E-state index is -0.298. The van der Waals surface area contributed by atoms with Gasteiger partial charge in [0.25, 0.3) is 11.8 Å². The predicted octanol–water partition coefficient (Wildman–Crippen LogP) is 5.80. The average Bonchev–Trinajstić information content (AvgIpc) is 2.81. The van der Waals surface area contributed by atoms with E-state index in [9.17, 15) is 9.18 Å². The van der Waals surface area contributed by atoms with Gasteiger partial charge in [-0.05, 0) is 61.0 Å². The number of aryl methyl sites for hydroxylation is 1. The molecule has 0 unspecified atom stereocenters. The summed E-state index contributed by atoms with van der Waals surface area (Å²) < 4.78 is 19.0. The predicted molar refractivity (Wildman–Crippen MR) is 121 cm³/mol. The van der Waals surface area contributed by atoms with Crippen LogP contribution in [-0.4, -0.2) is 15.9 Å². The molecule has 1 N–H and O–H groups in total. The number of hydrogen-bond donors (Lipinski definition) is 1. The molecule has 160 valence electrons. The van der Waals surface area contributed by atoms with Crippen LogP contribution in [0, 0.1) is 12.7 Å². The number of halogens is 1. The summed E-state index contributed by atoms with van der Waals surface area (Å²) in [7, 11) is 0. The van der Waals surface area contributed by atoms with E-state index in [1.54, 1.807) is 42.6 Å².